The third kappa shape index (κ3) is 3.57. The highest BCUT2D eigenvalue weighted by Gasteiger charge is 2.32. The van der Waals surface area contributed by atoms with E-state index in [4.69, 9.17) is 0 Å². The van der Waals surface area contributed by atoms with E-state index in [-0.39, 0.29) is 5.92 Å². The highest BCUT2D eigenvalue weighted by atomic mass is 16.4. The fourth-order valence-corrected chi connectivity index (χ4v) is 3.09. The molecular weight excluding hydrogens is 350 g/mol. The standard InChI is InChI=1S/C18H23N5O4/c1-10(2)14(15(24)19-11(3)16(25)26)21-18(27)23-9-8-22-13-7-5-4-6-12(13)20-17(22)23/h4-7,10-11,14H,8-9H2,1-3H3,(H,19,24)(H,21,27)(H,25,26)/p-1/t11-,14-/m0/s1. The number of hydrogen-bond donors (Lipinski definition) is 2. The quantitative estimate of drug-likeness (QED) is 0.756. The predicted molar refractivity (Wildman–Crippen MR) is 96.8 cm³/mol. The molecule has 0 aliphatic carbocycles. The minimum atomic E-state index is -1.38. The van der Waals surface area contributed by atoms with Crippen LogP contribution in [0.5, 0.6) is 0 Å². The van der Waals surface area contributed by atoms with Crippen LogP contribution in [0.4, 0.5) is 10.7 Å². The topological polar surface area (TPSA) is 119 Å². The summed E-state index contributed by atoms with van der Waals surface area (Å²) in [6.07, 6.45) is 0. The molecule has 144 valence electrons. The van der Waals surface area contributed by atoms with Crippen LogP contribution in [-0.2, 0) is 16.1 Å². The minimum Gasteiger partial charge on any atom is -0.548 e. The zero-order chi connectivity index (χ0) is 19.7. The van der Waals surface area contributed by atoms with Gasteiger partial charge in [-0.1, -0.05) is 26.0 Å². The van der Waals surface area contributed by atoms with Crippen LogP contribution in [0, 0.1) is 5.92 Å². The van der Waals surface area contributed by atoms with Gasteiger partial charge >= 0.3 is 6.03 Å². The van der Waals surface area contributed by atoms with Crippen molar-refractivity contribution >= 4 is 34.9 Å². The smallest absolute Gasteiger partial charge is 0.324 e. The molecule has 0 unspecified atom stereocenters. The van der Waals surface area contributed by atoms with Gasteiger partial charge in [-0.3, -0.25) is 9.69 Å². The molecule has 2 heterocycles. The molecule has 0 saturated carbocycles. The third-order valence-electron chi connectivity index (χ3n) is 4.61. The van der Waals surface area contributed by atoms with Gasteiger partial charge in [0.05, 0.1) is 23.0 Å². The number of nitrogens with one attached hydrogen (secondary N) is 2. The molecule has 0 saturated heterocycles. The number of carbonyl (C=O) groups excluding carboxylic acids is 3. The van der Waals surface area contributed by atoms with Crippen molar-refractivity contribution in [3.63, 3.8) is 0 Å². The molecule has 2 N–H and O–H groups in total. The number of carbonyl (C=O) groups is 3. The molecule has 2 aromatic rings. The molecule has 0 bridgehead atoms. The summed E-state index contributed by atoms with van der Waals surface area (Å²) >= 11 is 0. The van der Waals surface area contributed by atoms with Crippen molar-refractivity contribution in [2.75, 3.05) is 11.4 Å². The number of benzene rings is 1. The van der Waals surface area contributed by atoms with E-state index in [1.807, 2.05) is 28.8 Å². The SMILES string of the molecule is CC(C)[C@H](NC(=O)N1CCn2c1nc1ccccc12)C(=O)N[C@@H](C)C(=O)[O-]. The summed E-state index contributed by atoms with van der Waals surface area (Å²) in [6, 6.07) is 5.15. The highest BCUT2D eigenvalue weighted by molar-refractivity contribution is 5.97. The third-order valence-corrected chi connectivity index (χ3v) is 4.61. The van der Waals surface area contributed by atoms with Crippen molar-refractivity contribution in [2.45, 2.75) is 39.4 Å². The summed E-state index contributed by atoms with van der Waals surface area (Å²) < 4.78 is 1.96. The molecule has 1 aliphatic rings. The lowest BCUT2D eigenvalue weighted by Crippen LogP contribution is -2.57. The van der Waals surface area contributed by atoms with E-state index in [0.717, 1.165) is 11.0 Å². The number of aromatic nitrogens is 2. The molecule has 9 heteroatoms. The summed E-state index contributed by atoms with van der Waals surface area (Å²) in [5.41, 5.74) is 1.75. The van der Waals surface area contributed by atoms with Gasteiger partial charge in [-0.15, -0.1) is 0 Å². The summed E-state index contributed by atoms with van der Waals surface area (Å²) in [4.78, 5) is 42.0. The Labute approximate surface area is 156 Å². The van der Waals surface area contributed by atoms with Gasteiger partial charge in [-0.05, 0) is 25.0 Å². The van der Waals surface area contributed by atoms with E-state index in [9.17, 15) is 19.5 Å². The van der Waals surface area contributed by atoms with Crippen LogP contribution < -0.4 is 20.6 Å². The van der Waals surface area contributed by atoms with Crippen LogP contribution in [0.1, 0.15) is 20.8 Å². The first-order valence-corrected chi connectivity index (χ1v) is 8.84. The van der Waals surface area contributed by atoms with Gasteiger partial charge in [0.1, 0.15) is 6.04 Å². The second kappa shape index (κ2) is 7.26. The van der Waals surface area contributed by atoms with Gasteiger partial charge < -0.3 is 25.1 Å². The summed E-state index contributed by atoms with van der Waals surface area (Å²) in [6.45, 7) is 5.92. The number of carboxylic acid groups (broad SMARTS) is 1. The monoisotopic (exact) mass is 372 g/mol. The van der Waals surface area contributed by atoms with E-state index in [1.165, 1.54) is 11.8 Å². The number of aliphatic carboxylic acids is 1. The Morgan fingerprint density at radius 1 is 1.11 bits per heavy atom. The Hall–Kier alpha value is -3.10. The Morgan fingerprint density at radius 2 is 1.81 bits per heavy atom. The van der Waals surface area contributed by atoms with Crippen molar-refractivity contribution in [1.29, 1.82) is 0 Å². The maximum Gasteiger partial charge on any atom is 0.324 e. The maximum atomic E-state index is 12.8. The van der Waals surface area contributed by atoms with Crippen molar-refractivity contribution in [3.05, 3.63) is 24.3 Å². The largest absolute Gasteiger partial charge is 0.548 e. The van der Waals surface area contributed by atoms with Crippen LogP contribution in [0.2, 0.25) is 0 Å². The minimum absolute atomic E-state index is 0.232. The molecule has 27 heavy (non-hydrogen) atoms. The number of urea groups is 1. The number of carboxylic acids is 1. The molecule has 9 nitrogen and oxygen atoms in total. The highest BCUT2D eigenvalue weighted by Crippen LogP contribution is 2.27. The average molecular weight is 372 g/mol. The number of anilines is 1. The number of nitrogens with zero attached hydrogens (tertiary/aromatic N) is 3. The Balaban J connectivity index is 1.76. The second-order valence-electron chi connectivity index (χ2n) is 6.92. The predicted octanol–water partition coefficient (Wildman–Crippen LogP) is -0.155. The first-order valence-electron chi connectivity index (χ1n) is 8.84. The zero-order valence-corrected chi connectivity index (χ0v) is 15.4. The van der Waals surface area contributed by atoms with Crippen molar-refractivity contribution < 1.29 is 19.5 Å². The molecule has 0 radical (unpaired) electrons. The normalized spacial score (nSPS) is 15.5. The van der Waals surface area contributed by atoms with E-state index in [2.05, 4.69) is 15.6 Å². The summed E-state index contributed by atoms with van der Waals surface area (Å²) in [5, 5.41) is 15.9. The van der Waals surface area contributed by atoms with Gasteiger partial charge in [0.2, 0.25) is 11.9 Å². The maximum absolute atomic E-state index is 12.8. The van der Waals surface area contributed by atoms with Gasteiger partial charge in [0, 0.05) is 13.1 Å². The molecule has 1 aromatic heterocycles. The molecule has 3 amide bonds. The Bertz CT molecular complexity index is 891. The second-order valence-corrected chi connectivity index (χ2v) is 6.92. The fraction of sp³-hybridized carbons (Fsp3) is 0.444. The Morgan fingerprint density at radius 3 is 2.48 bits per heavy atom. The molecular formula is C18H22N5O4-. The lowest BCUT2D eigenvalue weighted by Gasteiger charge is -2.26. The molecule has 0 fully saturated rings. The number of rotatable bonds is 5. The van der Waals surface area contributed by atoms with E-state index >= 15 is 0 Å². The van der Waals surface area contributed by atoms with Crippen molar-refractivity contribution in [1.82, 2.24) is 20.2 Å². The fourth-order valence-electron chi connectivity index (χ4n) is 3.09. The van der Waals surface area contributed by atoms with Crippen LogP contribution in [-0.4, -0.2) is 46.1 Å². The van der Waals surface area contributed by atoms with Crippen LogP contribution >= 0.6 is 0 Å². The molecule has 1 aliphatic heterocycles. The van der Waals surface area contributed by atoms with E-state index < -0.39 is 30.0 Å². The lowest BCUT2D eigenvalue weighted by molar-refractivity contribution is -0.307. The zero-order valence-electron chi connectivity index (χ0n) is 15.4. The number of imidazole rings is 1. The summed E-state index contributed by atoms with van der Waals surface area (Å²) in [7, 11) is 0. The van der Waals surface area contributed by atoms with E-state index in [1.54, 1.807) is 13.8 Å². The van der Waals surface area contributed by atoms with Gasteiger partial charge in [0.15, 0.2) is 0 Å². The lowest BCUT2D eigenvalue weighted by atomic mass is 10.0. The van der Waals surface area contributed by atoms with Gasteiger partial charge in [0.25, 0.3) is 0 Å². The van der Waals surface area contributed by atoms with Gasteiger partial charge in [-0.2, -0.15) is 0 Å². The number of para-hydroxylation sites is 2. The first kappa shape index (κ1) is 18.7. The van der Waals surface area contributed by atoms with Crippen molar-refractivity contribution in [3.8, 4) is 0 Å². The molecule has 0 spiro atoms. The average Bonchev–Trinajstić information content (AvgIpc) is 3.17. The number of amides is 3. The summed E-state index contributed by atoms with van der Waals surface area (Å²) in [5.74, 6) is -1.66. The van der Waals surface area contributed by atoms with Crippen LogP contribution in [0.25, 0.3) is 11.0 Å². The number of fused-ring (bicyclic) bond motifs is 3. The molecule has 3 rings (SSSR count). The van der Waals surface area contributed by atoms with E-state index in [0.29, 0.717) is 19.0 Å². The molecule has 2 atom stereocenters. The van der Waals surface area contributed by atoms with Crippen LogP contribution in [0.3, 0.4) is 0 Å². The van der Waals surface area contributed by atoms with Gasteiger partial charge in [-0.25, -0.2) is 9.78 Å². The Kier molecular flexibility index (Phi) is 5.02. The first-order chi connectivity index (χ1) is 12.8. The molecule has 1 aromatic carbocycles. The number of hydrogen-bond acceptors (Lipinski definition) is 5. The van der Waals surface area contributed by atoms with Crippen molar-refractivity contribution in [2.24, 2.45) is 5.92 Å². The van der Waals surface area contributed by atoms with Crippen LogP contribution in [0.15, 0.2) is 24.3 Å².